The molecule has 8 aliphatic rings. The Hall–Kier alpha value is -3.17. The van der Waals surface area contributed by atoms with Crippen molar-refractivity contribution in [1.29, 1.82) is 0 Å². The van der Waals surface area contributed by atoms with Gasteiger partial charge in [-0.05, 0) is 82.2 Å². The van der Waals surface area contributed by atoms with Crippen LogP contribution in [0.5, 0.6) is 0 Å². The number of piperidine rings is 4. The number of carbonyl (C=O) groups is 1. The van der Waals surface area contributed by atoms with Gasteiger partial charge in [0.15, 0.2) is 11.5 Å². The van der Waals surface area contributed by atoms with Crippen molar-refractivity contribution in [2.45, 2.75) is 87.0 Å². The van der Waals surface area contributed by atoms with Gasteiger partial charge in [-0.1, -0.05) is 48.0 Å². The number of aromatic nitrogens is 1. The van der Waals surface area contributed by atoms with E-state index in [2.05, 4.69) is 102 Å². The molecule has 6 fully saturated rings. The van der Waals surface area contributed by atoms with Crippen LogP contribution in [0.4, 0.5) is 5.69 Å². The van der Waals surface area contributed by atoms with Gasteiger partial charge in [-0.2, -0.15) is 0 Å². The molecule has 8 heteroatoms. The molecule has 1 aromatic heterocycles. The number of aryl methyl sites for hydroxylation is 1. The summed E-state index contributed by atoms with van der Waals surface area (Å²) >= 11 is 0. The highest BCUT2D eigenvalue weighted by atomic mass is 16.7. The van der Waals surface area contributed by atoms with Crippen molar-refractivity contribution < 1.29 is 19.0 Å². The van der Waals surface area contributed by atoms with Crippen molar-refractivity contribution >= 4 is 22.6 Å². The Balaban J connectivity index is 1.07. The summed E-state index contributed by atoms with van der Waals surface area (Å²) in [7, 11) is 6.19. The highest BCUT2D eigenvalue weighted by Gasteiger charge is 2.80. The van der Waals surface area contributed by atoms with E-state index in [-0.39, 0.29) is 29.3 Å². The summed E-state index contributed by atoms with van der Waals surface area (Å²) in [5, 5.41) is 1.42. The topological polar surface area (TPSA) is 59.4 Å². The van der Waals surface area contributed by atoms with Crippen LogP contribution < -0.4 is 4.90 Å². The van der Waals surface area contributed by atoms with Gasteiger partial charge in [0.2, 0.25) is 0 Å². The average molecular weight is 661 g/mol. The first-order valence-electron chi connectivity index (χ1n) is 18.7. The number of rotatable bonds is 1. The lowest BCUT2D eigenvalue weighted by Gasteiger charge is -2.72. The molecule has 1 spiro atoms. The Labute approximate surface area is 288 Å². The fraction of sp³-hybridized carbons (Fsp3) is 0.585. The van der Waals surface area contributed by atoms with E-state index < -0.39 is 17.6 Å². The van der Waals surface area contributed by atoms with E-state index in [9.17, 15) is 4.79 Å². The number of esters is 1. The van der Waals surface area contributed by atoms with Crippen LogP contribution in [0.15, 0.2) is 60.2 Å². The second-order valence-electron chi connectivity index (χ2n) is 16.8. The van der Waals surface area contributed by atoms with Crippen LogP contribution in [-0.2, 0) is 37.9 Å². The minimum absolute atomic E-state index is 0.0975. The van der Waals surface area contributed by atoms with Gasteiger partial charge < -0.3 is 23.7 Å². The Morgan fingerprint density at radius 3 is 2.71 bits per heavy atom. The predicted octanol–water partition coefficient (Wildman–Crippen LogP) is 5.54. The van der Waals surface area contributed by atoms with Gasteiger partial charge in [0, 0.05) is 71.6 Å². The largest absolute Gasteiger partial charge is 0.467 e. The van der Waals surface area contributed by atoms with Crippen molar-refractivity contribution in [3.8, 4) is 0 Å². The normalized spacial score (nSPS) is 43.8. The van der Waals surface area contributed by atoms with Gasteiger partial charge in [0.05, 0.1) is 25.8 Å². The molecule has 8 nitrogen and oxygen atoms in total. The van der Waals surface area contributed by atoms with Crippen LogP contribution in [0.25, 0.3) is 10.9 Å². The summed E-state index contributed by atoms with van der Waals surface area (Å²) in [4.78, 5) is 21.8. The number of hydrogen-bond donors (Lipinski definition) is 0. The number of likely N-dealkylation sites (N-methyl/N-ethyl adjacent to an activating group) is 1. The average Bonchev–Trinajstić information content (AvgIpc) is 3.53. The number of hydrogen-bond acceptors (Lipinski definition) is 7. The third-order valence-electron chi connectivity index (χ3n) is 15.5. The number of carbonyl (C=O) groups excluding carboxylic acids is 1. The molecule has 6 saturated heterocycles. The van der Waals surface area contributed by atoms with Crippen molar-refractivity contribution in [2.75, 3.05) is 38.8 Å². The molecule has 4 bridgehead atoms. The lowest BCUT2D eigenvalue weighted by Crippen LogP contribution is -2.85. The van der Waals surface area contributed by atoms with E-state index in [1.165, 1.54) is 27.7 Å². The minimum atomic E-state index is -0.756. The molecule has 0 aliphatic carbocycles. The third-order valence-corrected chi connectivity index (χ3v) is 15.5. The monoisotopic (exact) mass is 660 g/mol. The van der Waals surface area contributed by atoms with Crippen molar-refractivity contribution in [3.63, 3.8) is 0 Å². The maximum atomic E-state index is 14.0. The molecule has 49 heavy (non-hydrogen) atoms. The van der Waals surface area contributed by atoms with E-state index in [1.54, 1.807) is 12.7 Å². The molecule has 8 aliphatic heterocycles. The molecular formula is C41H48N4O4. The molecule has 256 valence electrons. The number of anilines is 1. The molecule has 0 amide bonds. The standard InChI is InChI=1S/C41H48N4O4/c1-6-23-21-44-16-15-40-20-30-26-17-34-36-27(24-11-7-9-13-31(24)43(36)4)18-33(42(34)3)28(26)22-48-39(30,2)49-41(40)35(44)19-25(23)37(38(46)47-5)45(41)32-14-10-8-12-29(32)40/h6-14,25-26,28,30,33-35,37H,15-22H2,1-5H3/b23-6+/t25-,26-,28-,30-,33-,34-,35-,37+,39+,40-,41-/m0/s1. The third kappa shape index (κ3) is 3.26. The number of methoxy groups -OCH3 is 1. The first-order valence-corrected chi connectivity index (χ1v) is 18.7. The van der Waals surface area contributed by atoms with Crippen LogP contribution in [0.2, 0.25) is 0 Å². The van der Waals surface area contributed by atoms with E-state index in [1.807, 2.05) is 0 Å². The zero-order valence-electron chi connectivity index (χ0n) is 29.4. The molecule has 0 N–H and O–H groups in total. The second kappa shape index (κ2) is 9.58. The molecular weight excluding hydrogens is 612 g/mol. The molecule has 0 saturated carbocycles. The fourth-order valence-electron chi connectivity index (χ4n) is 13.5. The molecule has 3 aromatic rings. The predicted molar refractivity (Wildman–Crippen MR) is 187 cm³/mol. The first kappa shape index (κ1) is 29.5. The van der Waals surface area contributed by atoms with Gasteiger partial charge in [0.25, 0.3) is 0 Å². The molecule has 9 heterocycles. The van der Waals surface area contributed by atoms with Gasteiger partial charge in [-0.15, -0.1) is 0 Å². The quantitative estimate of drug-likeness (QED) is 0.251. The summed E-state index contributed by atoms with van der Waals surface area (Å²) in [6, 6.07) is 18.5. The number of benzene rings is 2. The summed E-state index contributed by atoms with van der Waals surface area (Å²) in [5.74, 6) is 0.357. The zero-order chi connectivity index (χ0) is 33.2. The van der Waals surface area contributed by atoms with Crippen LogP contribution in [0, 0.1) is 23.7 Å². The summed E-state index contributed by atoms with van der Waals surface area (Å²) in [5.41, 5.74) is 7.33. The van der Waals surface area contributed by atoms with Crippen molar-refractivity contribution in [3.05, 3.63) is 77.0 Å². The number of ether oxygens (including phenoxy) is 3. The molecule has 11 rings (SSSR count). The van der Waals surface area contributed by atoms with Gasteiger partial charge >= 0.3 is 5.97 Å². The van der Waals surface area contributed by atoms with Crippen molar-refractivity contribution in [1.82, 2.24) is 14.4 Å². The smallest absolute Gasteiger partial charge is 0.329 e. The molecule has 11 atom stereocenters. The van der Waals surface area contributed by atoms with Crippen LogP contribution in [-0.4, -0.2) is 83.8 Å². The van der Waals surface area contributed by atoms with E-state index in [0.29, 0.717) is 30.5 Å². The Kier molecular flexibility index (Phi) is 5.78. The lowest BCUT2D eigenvalue weighted by molar-refractivity contribution is -0.401. The Morgan fingerprint density at radius 1 is 1.06 bits per heavy atom. The van der Waals surface area contributed by atoms with Gasteiger partial charge in [-0.25, -0.2) is 4.79 Å². The number of fused-ring (bicyclic) bond motifs is 13. The fourth-order valence-corrected chi connectivity index (χ4v) is 13.5. The summed E-state index contributed by atoms with van der Waals surface area (Å²) < 4.78 is 23.3. The molecule has 0 unspecified atom stereocenters. The summed E-state index contributed by atoms with van der Waals surface area (Å²) in [6.07, 6.45) is 7.36. The maximum absolute atomic E-state index is 14.0. The maximum Gasteiger partial charge on any atom is 0.329 e. The van der Waals surface area contributed by atoms with E-state index >= 15 is 0 Å². The molecule has 0 radical (unpaired) electrons. The summed E-state index contributed by atoms with van der Waals surface area (Å²) in [6.45, 7) is 7.02. The number of nitrogens with zero attached hydrogens (tertiary/aromatic N) is 4. The van der Waals surface area contributed by atoms with Crippen LogP contribution in [0.3, 0.4) is 0 Å². The highest BCUT2D eigenvalue weighted by Crippen LogP contribution is 2.72. The lowest BCUT2D eigenvalue weighted by atomic mass is 9.52. The van der Waals surface area contributed by atoms with Crippen LogP contribution in [0.1, 0.15) is 62.4 Å². The zero-order valence-corrected chi connectivity index (χ0v) is 29.4. The minimum Gasteiger partial charge on any atom is -0.467 e. The van der Waals surface area contributed by atoms with Crippen molar-refractivity contribution in [2.24, 2.45) is 30.7 Å². The highest BCUT2D eigenvalue weighted by molar-refractivity contribution is 5.87. The first-order chi connectivity index (χ1) is 23.8. The van der Waals surface area contributed by atoms with Gasteiger partial charge in [-0.3, -0.25) is 9.80 Å². The van der Waals surface area contributed by atoms with Crippen LogP contribution >= 0.6 is 0 Å². The van der Waals surface area contributed by atoms with Gasteiger partial charge in [0.1, 0.15) is 6.04 Å². The molecule has 2 aromatic carbocycles. The SMILES string of the molecule is C/C=C1\CN2CC[C@@]34C[C@H]5[C@H]6C[C@H]7c8c(c9ccccc9n8C)C[C@@H]([C@H]6CO[C@]5(C)O[C@@]35[C@@H]2C[C@@H]1[C@H](C(=O)OC)N5c1ccccc14)N7C. The van der Waals surface area contributed by atoms with E-state index in [4.69, 9.17) is 14.2 Å². The number of para-hydroxylation sites is 2. The Bertz CT molecular complexity index is 1970. The second-order valence-corrected chi connectivity index (χ2v) is 16.8. The number of allylic oxidation sites excluding steroid dienone is 1. The Morgan fingerprint density at radius 2 is 1.88 bits per heavy atom. The van der Waals surface area contributed by atoms with E-state index in [0.717, 1.165) is 50.9 Å².